The third kappa shape index (κ3) is 4.33. The molecule has 0 aliphatic carbocycles. The Labute approximate surface area is 158 Å². The molecule has 0 bridgehead atoms. The summed E-state index contributed by atoms with van der Waals surface area (Å²) in [6.45, 7) is 7.70. The molecule has 4 N–H and O–H groups in total. The number of hydrogen-bond donors (Lipinski definition) is 3. The fourth-order valence-electron chi connectivity index (χ4n) is 3.43. The number of aromatic hydroxyl groups is 1. The number of carbonyl (C=O) groups is 1. The van der Waals surface area contributed by atoms with Crippen LogP contribution in [0.3, 0.4) is 0 Å². The highest BCUT2D eigenvalue weighted by atomic mass is 16.3. The maximum absolute atomic E-state index is 11.2. The molecule has 1 saturated heterocycles. The number of aromatic nitrogens is 3. The summed E-state index contributed by atoms with van der Waals surface area (Å²) in [4.78, 5) is 17.5. The highest BCUT2D eigenvalue weighted by Gasteiger charge is 2.23. The molecule has 1 atom stereocenters. The highest BCUT2D eigenvalue weighted by Crippen LogP contribution is 2.31. The minimum Gasteiger partial charge on any atom is -0.506 e. The van der Waals surface area contributed by atoms with Crippen LogP contribution in [0.25, 0.3) is 11.4 Å². The molecule has 1 fully saturated rings. The molecule has 2 aromatic rings. The molecule has 1 amide bonds. The van der Waals surface area contributed by atoms with Crippen LogP contribution in [0.5, 0.6) is 5.75 Å². The van der Waals surface area contributed by atoms with Crippen LogP contribution in [-0.4, -0.2) is 56.8 Å². The third-order valence-corrected chi connectivity index (χ3v) is 4.98. The molecule has 2 aromatic heterocycles. The Morgan fingerprint density at radius 1 is 1.30 bits per heavy atom. The maximum atomic E-state index is 11.2. The SMILES string of the molecule is Cc1cnc(-c2nnc(NC3CCCN(CC(N)=O)C3)c(C)c2C)c(O)c1. The maximum Gasteiger partial charge on any atom is 0.231 e. The lowest BCUT2D eigenvalue weighted by Gasteiger charge is -2.32. The van der Waals surface area contributed by atoms with E-state index in [9.17, 15) is 9.90 Å². The number of amides is 1. The fourth-order valence-corrected chi connectivity index (χ4v) is 3.43. The molecule has 1 unspecified atom stereocenters. The number of primary amides is 1. The molecule has 0 spiro atoms. The Morgan fingerprint density at radius 2 is 2.07 bits per heavy atom. The van der Waals surface area contributed by atoms with Gasteiger partial charge in [-0.15, -0.1) is 10.2 Å². The summed E-state index contributed by atoms with van der Waals surface area (Å²) >= 11 is 0. The minimum absolute atomic E-state index is 0.0990. The van der Waals surface area contributed by atoms with Crippen LogP contribution in [0.1, 0.15) is 29.5 Å². The van der Waals surface area contributed by atoms with Crippen molar-refractivity contribution < 1.29 is 9.90 Å². The van der Waals surface area contributed by atoms with Gasteiger partial charge in [0.05, 0.1) is 6.54 Å². The van der Waals surface area contributed by atoms with Crippen molar-refractivity contribution in [3.8, 4) is 17.1 Å². The van der Waals surface area contributed by atoms with Crippen molar-refractivity contribution in [1.29, 1.82) is 0 Å². The van der Waals surface area contributed by atoms with Gasteiger partial charge in [0.1, 0.15) is 17.1 Å². The zero-order valence-electron chi connectivity index (χ0n) is 16.0. The number of nitrogens with zero attached hydrogens (tertiary/aromatic N) is 4. The second-order valence-electron chi connectivity index (χ2n) is 7.21. The van der Waals surface area contributed by atoms with E-state index in [0.717, 1.165) is 42.6 Å². The molecule has 3 rings (SSSR count). The zero-order valence-corrected chi connectivity index (χ0v) is 16.0. The number of piperidine rings is 1. The largest absolute Gasteiger partial charge is 0.506 e. The first-order chi connectivity index (χ1) is 12.8. The number of carbonyl (C=O) groups excluding carboxylic acids is 1. The number of pyridine rings is 1. The number of hydrogen-bond acceptors (Lipinski definition) is 7. The van der Waals surface area contributed by atoms with E-state index in [1.54, 1.807) is 12.3 Å². The van der Waals surface area contributed by atoms with E-state index < -0.39 is 0 Å². The molecule has 0 radical (unpaired) electrons. The van der Waals surface area contributed by atoms with Gasteiger partial charge >= 0.3 is 0 Å². The van der Waals surface area contributed by atoms with Gasteiger partial charge in [0, 0.05) is 18.8 Å². The number of anilines is 1. The molecule has 0 saturated carbocycles. The Morgan fingerprint density at radius 3 is 2.78 bits per heavy atom. The predicted octanol–water partition coefficient (Wildman–Crippen LogP) is 1.53. The number of rotatable bonds is 5. The highest BCUT2D eigenvalue weighted by molar-refractivity contribution is 5.76. The summed E-state index contributed by atoms with van der Waals surface area (Å²) in [5.74, 6) is 0.507. The van der Waals surface area contributed by atoms with Gasteiger partial charge in [-0.05, 0) is 62.9 Å². The third-order valence-electron chi connectivity index (χ3n) is 4.98. The van der Waals surface area contributed by atoms with Crippen LogP contribution in [-0.2, 0) is 4.79 Å². The van der Waals surface area contributed by atoms with E-state index in [0.29, 0.717) is 17.2 Å². The van der Waals surface area contributed by atoms with Gasteiger partial charge < -0.3 is 16.2 Å². The lowest BCUT2D eigenvalue weighted by molar-refractivity contribution is -0.119. The van der Waals surface area contributed by atoms with Crippen LogP contribution in [0.4, 0.5) is 5.82 Å². The topological polar surface area (TPSA) is 117 Å². The van der Waals surface area contributed by atoms with E-state index >= 15 is 0 Å². The van der Waals surface area contributed by atoms with Gasteiger partial charge in [-0.2, -0.15) is 0 Å². The predicted molar refractivity (Wildman–Crippen MR) is 103 cm³/mol. The number of nitrogens with one attached hydrogen (secondary N) is 1. The zero-order chi connectivity index (χ0) is 19.6. The number of aryl methyl sites for hydroxylation is 1. The molecule has 144 valence electrons. The van der Waals surface area contributed by atoms with Crippen molar-refractivity contribution in [2.75, 3.05) is 25.0 Å². The first-order valence-electron chi connectivity index (χ1n) is 9.12. The average Bonchev–Trinajstić information content (AvgIpc) is 2.60. The molecule has 27 heavy (non-hydrogen) atoms. The van der Waals surface area contributed by atoms with Crippen molar-refractivity contribution in [3.05, 3.63) is 29.0 Å². The quantitative estimate of drug-likeness (QED) is 0.730. The van der Waals surface area contributed by atoms with Gasteiger partial charge in [-0.3, -0.25) is 14.7 Å². The molecule has 8 heteroatoms. The van der Waals surface area contributed by atoms with Crippen LogP contribution in [0, 0.1) is 20.8 Å². The standard InChI is InChI=1S/C19H26N6O2/c1-11-7-15(26)18(21-8-11)17-12(2)13(3)19(24-23-17)22-14-5-4-6-25(9-14)10-16(20)27/h7-8,14,26H,4-6,9-10H2,1-3H3,(H2,20,27)(H,22,24). The van der Waals surface area contributed by atoms with Crippen molar-refractivity contribution in [2.45, 2.75) is 39.7 Å². The van der Waals surface area contributed by atoms with Gasteiger partial charge in [0.2, 0.25) is 5.91 Å². The van der Waals surface area contributed by atoms with E-state index in [-0.39, 0.29) is 24.2 Å². The van der Waals surface area contributed by atoms with Gasteiger partial charge in [-0.25, -0.2) is 0 Å². The summed E-state index contributed by atoms with van der Waals surface area (Å²) in [6.07, 6.45) is 3.69. The molecule has 0 aromatic carbocycles. The summed E-state index contributed by atoms with van der Waals surface area (Å²) in [7, 11) is 0. The van der Waals surface area contributed by atoms with E-state index in [1.165, 1.54) is 0 Å². The summed E-state index contributed by atoms with van der Waals surface area (Å²) in [6, 6.07) is 1.85. The Hall–Kier alpha value is -2.74. The van der Waals surface area contributed by atoms with Crippen molar-refractivity contribution in [2.24, 2.45) is 5.73 Å². The molecule has 3 heterocycles. The van der Waals surface area contributed by atoms with Crippen molar-refractivity contribution >= 4 is 11.7 Å². The molecular formula is C19H26N6O2. The first-order valence-corrected chi connectivity index (χ1v) is 9.12. The lowest BCUT2D eigenvalue weighted by Crippen LogP contribution is -2.45. The van der Waals surface area contributed by atoms with Crippen LogP contribution < -0.4 is 11.1 Å². The molecule has 8 nitrogen and oxygen atoms in total. The van der Waals surface area contributed by atoms with Gasteiger partial charge in [-0.1, -0.05) is 0 Å². The van der Waals surface area contributed by atoms with Crippen molar-refractivity contribution in [1.82, 2.24) is 20.1 Å². The molecular weight excluding hydrogens is 344 g/mol. The van der Waals surface area contributed by atoms with E-state index in [2.05, 4.69) is 25.4 Å². The minimum atomic E-state index is -0.308. The summed E-state index contributed by atoms with van der Waals surface area (Å²) in [5.41, 5.74) is 9.09. The Bertz CT molecular complexity index is 854. The number of nitrogens with two attached hydrogens (primary N) is 1. The average molecular weight is 370 g/mol. The van der Waals surface area contributed by atoms with Crippen molar-refractivity contribution in [3.63, 3.8) is 0 Å². The monoisotopic (exact) mass is 370 g/mol. The van der Waals surface area contributed by atoms with Crippen LogP contribution >= 0.6 is 0 Å². The first kappa shape index (κ1) is 19.0. The Balaban J connectivity index is 1.80. The van der Waals surface area contributed by atoms with Crippen LogP contribution in [0.15, 0.2) is 12.3 Å². The second-order valence-corrected chi connectivity index (χ2v) is 7.21. The lowest BCUT2D eigenvalue weighted by atomic mass is 10.0. The van der Waals surface area contributed by atoms with E-state index in [4.69, 9.17) is 5.73 Å². The molecule has 1 aliphatic rings. The fraction of sp³-hybridized carbons (Fsp3) is 0.474. The van der Waals surface area contributed by atoms with Gasteiger partial charge in [0.15, 0.2) is 5.82 Å². The smallest absolute Gasteiger partial charge is 0.231 e. The van der Waals surface area contributed by atoms with Crippen LogP contribution in [0.2, 0.25) is 0 Å². The Kier molecular flexibility index (Phi) is 5.55. The van der Waals surface area contributed by atoms with Gasteiger partial charge in [0.25, 0.3) is 0 Å². The second kappa shape index (κ2) is 7.87. The number of likely N-dealkylation sites (tertiary alicyclic amines) is 1. The summed E-state index contributed by atoms with van der Waals surface area (Å²) < 4.78 is 0. The molecule has 1 aliphatic heterocycles. The normalized spacial score (nSPS) is 17.7. The van der Waals surface area contributed by atoms with E-state index in [1.807, 2.05) is 20.8 Å². The summed E-state index contributed by atoms with van der Waals surface area (Å²) in [5, 5.41) is 22.3.